The van der Waals surface area contributed by atoms with Crippen LogP contribution in [0.2, 0.25) is 0 Å². The number of carboxylic acid groups (broad SMARTS) is 1. The number of carbonyl (C=O) groups is 2. The fraction of sp³-hybridized carbons (Fsp3) is 0.0370. The molecule has 0 aliphatic carbocycles. The van der Waals surface area contributed by atoms with Crippen molar-refractivity contribution in [3.63, 3.8) is 0 Å². The highest BCUT2D eigenvalue weighted by molar-refractivity contribution is 8.26. The molecule has 4 aromatic rings. The Hall–Kier alpha value is -4.01. The van der Waals surface area contributed by atoms with Crippen LogP contribution < -0.4 is 0 Å². The Labute approximate surface area is 211 Å². The van der Waals surface area contributed by atoms with Crippen molar-refractivity contribution in [1.82, 2.24) is 14.7 Å². The van der Waals surface area contributed by atoms with E-state index < -0.39 is 18.4 Å². The van der Waals surface area contributed by atoms with Gasteiger partial charge in [0.1, 0.15) is 10.9 Å². The number of benzene rings is 3. The third kappa shape index (κ3) is 4.80. The van der Waals surface area contributed by atoms with Gasteiger partial charge in [0.25, 0.3) is 5.91 Å². The molecule has 35 heavy (non-hydrogen) atoms. The van der Waals surface area contributed by atoms with Gasteiger partial charge in [-0.2, -0.15) is 5.10 Å². The highest BCUT2D eigenvalue weighted by Gasteiger charge is 2.33. The second-order valence-electron chi connectivity index (χ2n) is 7.81. The van der Waals surface area contributed by atoms with E-state index in [4.69, 9.17) is 22.4 Å². The number of thiocarbonyl (C=S) groups is 1. The van der Waals surface area contributed by atoms with Crippen molar-refractivity contribution in [2.45, 2.75) is 0 Å². The third-order valence-electron chi connectivity index (χ3n) is 5.45. The number of thioether (sulfide) groups is 1. The first-order valence-corrected chi connectivity index (χ1v) is 12.0. The molecule has 1 aliphatic rings. The van der Waals surface area contributed by atoms with Gasteiger partial charge >= 0.3 is 5.97 Å². The van der Waals surface area contributed by atoms with E-state index in [2.05, 4.69) is 18.2 Å². The van der Waals surface area contributed by atoms with Crippen LogP contribution in [0.25, 0.3) is 34.3 Å². The topological polar surface area (TPSA) is 75.4 Å². The van der Waals surface area contributed by atoms with E-state index in [-0.39, 0.29) is 4.32 Å². The molecular weight excluding hydrogens is 478 g/mol. The molecule has 3 aromatic carbocycles. The van der Waals surface area contributed by atoms with Crippen LogP contribution in [0.3, 0.4) is 0 Å². The van der Waals surface area contributed by atoms with E-state index in [1.807, 2.05) is 77.5 Å². The van der Waals surface area contributed by atoms with Gasteiger partial charge in [0.2, 0.25) is 0 Å². The van der Waals surface area contributed by atoms with E-state index in [1.54, 1.807) is 6.08 Å². The van der Waals surface area contributed by atoms with Gasteiger partial charge in [-0.05, 0) is 29.8 Å². The first-order valence-electron chi connectivity index (χ1n) is 10.8. The van der Waals surface area contributed by atoms with E-state index in [9.17, 15) is 9.59 Å². The number of hydrogen-bond acceptors (Lipinski definition) is 5. The molecule has 172 valence electrons. The molecule has 1 N–H and O–H groups in total. The van der Waals surface area contributed by atoms with Gasteiger partial charge < -0.3 is 5.11 Å². The third-order valence-corrected chi connectivity index (χ3v) is 6.83. The van der Waals surface area contributed by atoms with E-state index in [1.165, 1.54) is 0 Å². The number of rotatable bonds is 6. The summed E-state index contributed by atoms with van der Waals surface area (Å²) in [5, 5.41) is 13.9. The summed E-state index contributed by atoms with van der Waals surface area (Å²) in [7, 11) is 0. The molecule has 0 radical (unpaired) electrons. The van der Waals surface area contributed by atoms with Crippen molar-refractivity contribution in [2.24, 2.45) is 0 Å². The summed E-state index contributed by atoms with van der Waals surface area (Å²) in [6.45, 7) is -0.438. The minimum Gasteiger partial charge on any atom is -0.480 e. The van der Waals surface area contributed by atoms with Crippen molar-refractivity contribution < 1.29 is 14.7 Å². The normalized spacial score (nSPS) is 14.6. The molecule has 2 heterocycles. The van der Waals surface area contributed by atoms with Crippen LogP contribution in [0.1, 0.15) is 5.56 Å². The first-order chi connectivity index (χ1) is 17.0. The Bertz CT molecular complexity index is 1450. The second kappa shape index (κ2) is 9.69. The summed E-state index contributed by atoms with van der Waals surface area (Å²) in [6, 6.07) is 29.9. The molecule has 0 atom stereocenters. The van der Waals surface area contributed by atoms with Crippen LogP contribution >= 0.6 is 24.0 Å². The lowest BCUT2D eigenvalue weighted by molar-refractivity contribution is -0.140. The van der Waals surface area contributed by atoms with Crippen molar-refractivity contribution in [3.8, 4) is 28.2 Å². The van der Waals surface area contributed by atoms with Crippen molar-refractivity contribution in [2.75, 3.05) is 6.54 Å². The molecule has 0 unspecified atom stereocenters. The molecule has 8 heteroatoms. The van der Waals surface area contributed by atoms with Gasteiger partial charge in [-0.25, -0.2) is 4.68 Å². The maximum Gasteiger partial charge on any atom is 0.323 e. The molecule has 1 aliphatic heterocycles. The van der Waals surface area contributed by atoms with E-state index in [0.29, 0.717) is 4.91 Å². The quantitative estimate of drug-likeness (QED) is 0.280. The number of nitrogens with zero attached hydrogens (tertiary/aromatic N) is 3. The summed E-state index contributed by atoms with van der Waals surface area (Å²) in [5.41, 5.74) is 5.60. The molecule has 0 spiro atoms. The zero-order valence-electron chi connectivity index (χ0n) is 18.4. The monoisotopic (exact) mass is 497 g/mol. The highest BCUT2D eigenvalue weighted by Crippen LogP contribution is 2.33. The molecule has 5 rings (SSSR count). The molecule has 0 saturated carbocycles. The Morgan fingerprint density at radius 1 is 0.943 bits per heavy atom. The Kier molecular flexibility index (Phi) is 6.31. The van der Waals surface area contributed by atoms with Gasteiger partial charge in [0.15, 0.2) is 0 Å². The van der Waals surface area contributed by atoms with Crippen molar-refractivity contribution in [3.05, 3.63) is 101 Å². The Morgan fingerprint density at radius 3 is 2.20 bits per heavy atom. The van der Waals surface area contributed by atoms with Crippen LogP contribution in [-0.4, -0.2) is 42.5 Å². The van der Waals surface area contributed by atoms with Crippen molar-refractivity contribution >= 4 is 46.3 Å². The molecule has 6 nitrogen and oxygen atoms in total. The summed E-state index contributed by atoms with van der Waals surface area (Å²) in [5.74, 6) is -1.49. The fourth-order valence-corrected chi connectivity index (χ4v) is 5.03. The number of carboxylic acids is 1. The van der Waals surface area contributed by atoms with Crippen LogP contribution in [0.15, 0.2) is 95.9 Å². The number of hydrogen-bond donors (Lipinski definition) is 1. The van der Waals surface area contributed by atoms with Gasteiger partial charge in [0, 0.05) is 11.1 Å². The average Bonchev–Trinajstić information content (AvgIpc) is 3.43. The number of carbonyl (C=O) groups excluding carboxylic acids is 1. The van der Waals surface area contributed by atoms with Crippen molar-refractivity contribution in [1.29, 1.82) is 0 Å². The number of amides is 1. The summed E-state index contributed by atoms with van der Waals surface area (Å²) in [4.78, 5) is 25.1. The van der Waals surface area contributed by atoms with E-state index in [0.717, 1.165) is 50.4 Å². The molecular formula is C27H19N3O3S2. The Morgan fingerprint density at radius 2 is 1.57 bits per heavy atom. The molecule has 1 fully saturated rings. The summed E-state index contributed by atoms with van der Waals surface area (Å²) in [6.07, 6.45) is 1.72. The number of aromatic nitrogens is 2. The molecule has 1 saturated heterocycles. The summed E-state index contributed by atoms with van der Waals surface area (Å²) < 4.78 is 2.16. The zero-order valence-corrected chi connectivity index (χ0v) is 20.0. The van der Waals surface area contributed by atoms with Crippen LogP contribution in [-0.2, 0) is 9.59 Å². The maximum atomic E-state index is 12.6. The Balaban J connectivity index is 1.48. The minimum atomic E-state index is -1.10. The second-order valence-corrected chi connectivity index (χ2v) is 9.49. The predicted molar refractivity (Wildman–Crippen MR) is 142 cm³/mol. The number of aliphatic carboxylic acids is 1. The van der Waals surface area contributed by atoms with Gasteiger partial charge in [-0.1, -0.05) is 96.8 Å². The lowest BCUT2D eigenvalue weighted by Gasteiger charge is -2.10. The largest absolute Gasteiger partial charge is 0.480 e. The molecule has 1 amide bonds. The lowest BCUT2D eigenvalue weighted by Crippen LogP contribution is -2.33. The SMILES string of the molecule is O=C(O)CN1C(=O)/C(=C/c2ccc(-n3nc(-c4ccccc4)cc3-c3ccccc3)cc2)SC1=S. The first kappa shape index (κ1) is 22.8. The average molecular weight is 498 g/mol. The minimum absolute atomic E-state index is 0.248. The predicted octanol–water partition coefficient (Wildman–Crippen LogP) is 5.49. The lowest BCUT2D eigenvalue weighted by atomic mass is 10.1. The van der Waals surface area contributed by atoms with Gasteiger partial charge in [-0.3, -0.25) is 14.5 Å². The van der Waals surface area contributed by atoms with Crippen LogP contribution in [0, 0.1) is 0 Å². The molecule has 1 aromatic heterocycles. The summed E-state index contributed by atoms with van der Waals surface area (Å²) >= 11 is 6.28. The van der Waals surface area contributed by atoms with Crippen LogP contribution in [0.4, 0.5) is 0 Å². The fourth-order valence-electron chi connectivity index (χ4n) is 3.78. The maximum absolute atomic E-state index is 12.6. The van der Waals surface area contributed by atoms with Gasteiger partial charge in [-0.15, -0.1) is 0 Å². The standard InChI is InChI=1S/C27H19N3O3S2/c31-25(32)17-29-26(33)24(35-27(29)34)15-18-11-13-21(14-12-18)30-23(20-9-5-2-6-10-20)16-22(28-30)19-7-3-1-4-8-19/h1-16H,17H2,(H,31,32)/b24-15-. The smallest absolute Gasteiger partial charge is 0.323 e. The zero-order chi connectivity index (χ0) is 24.4. The van der Waals surface area contributed by atoms with E-state index >= 15 is 0 Å². The van der Waals surface area contributed by atoms with Gasteiger partial charge in [0.05, 0.1) is 22.0 Å². The highest BCUT2D eigenvalue weighted by atomic mass is 32.2. The molecule has 0 bridgehead atoms. The van der Waals surface area contributed by atoms with Crippen LogP contribution in [0.5, 0.6) is 0 Å².